The van der Waals surface area contributed by atoms with Crippen LogP contribution < -0.4 is 5.32 Å². The monoisotopic (exact) mass is 141 g/mol. The molecule has 0 aliphatic heterocycles. The van der Waals surface area contributed by atoms with Crippen LogP contribution in [0.3, 0.4) is 0 Å². The maximum absolute atomic E-state index is 10.1. The Morgan fingerprint density at radius 3 is 1.70 bits per heavy atom. The quantitative estimate of drug-likeness (QED) is 0.574. The fraction of sp³-hybridized carbons (Fsp3) is 0.875. The first-order chi connectivity index (χ1) is 4.44. The average molecular weight is 141 g/mol. The van der Waals surface area contributed by atoms with Gasteiger partial charge < -0.3 is 5.32 Å². The zero-order valence-electron chi connectivity index (χ0n) is 7.06. The summed E-state index contributed by atoms with van der Waals surface area (Å²) in [6.45, 7) is 8.70. The second-order valence-electron chi connectivity index (χ2n) is 4.16. The van der Waals surface area contributed by atoms with Gasteiger partial charge in [-0.1, -0.05) is 27.7 Å². The van der Waals surface area contributed by atoms with Crippen molar-refractivity contribution in [1.29, 1.82) is 0 Å². The normalized spacial score (nSPS) is 27.6. The summed E-state index contributed by atoms with van der Waals surface area (Å²) in [6.07, 6.45) is 0.793. The lowest BCUT2D eigenvalue weighted by atomic mass is 10.0. The highest BCUT2D eigenvalue weighted by Gasteiger charge is 2.64. The Balaban J connectivity index is 2.62. The molecule has 10 heavy (non-hydrogen) atoms. The van der Waals surface area contributed by atoms with Crippen LogP contribution in [0.2, 0.25) is 0 Å². The number of amides is 1. The van der Waals surface area contributed by atoms with Gasteiger partial charge in [0, 0.05) is 6.04 Å². The first kappa shape index (κ1) is 7.58. The summed E-state index contributed by atoms with van der Waals surface area (Å²) in [5, 5.41) is 2.82. The summed E-state index contributed by atoms with van der Waals surface area (Å²) in [5.74, 6) is 0. The topological polar surface area (TPSA) is 29.1 Å². The van der Waals surface area contributed by atoms with Crippen molar-refractivity contribution in [1.82, 2.24) is 5.32 Å². The summed E-state index contributed by atoms with van der Waals surface area (Å²) in [6, 6.07) is 0.359. The van der Waals surface area contributed by atoms with Crippen LogP contribution in [0.1, 0.15) is 27.7 Å². The number of hydrogen-bond acceptors (Lipinski definition) is 1. The summed E-state index contributed by atoms with van der Waals surface area (Å²) >= 11 is 0. The molecule has 0 aromatic heterocycles. The van der Waals surface area contributed by atoms with Gasteiger partial charge in [0.2, 0.25) is 6.41 Å². The number of hydrogen-bond donors (Lipinski definition) is 1. The second-order valence-corrected chi connectivity index (χ2v) is 4.16. The highest BCUT2D eigenvalue weighted by Crippen LogP contribution is 2.62. The standard InChI is InChI=1S/C8H15NO/c1-7(2)6(9-5-10)8(7,3)4/h5-6H,1-4H3,(H,9,10). The predicted molar refractivity (Wildman–Crippen MR) is 40.5 cm³/mol. The molecule has 0 atom stereocenters. The van der Waals surface area contributed by atoms with Crippen molar-refractivity contribution in [2.45, 2.75) is 33.7 Å². The molecule has 0 spiro atoms. The van der Waals surface area contributed by atoms with Gasteiger partial charge in [0.15, 0.2) is 0 Å². The molecule has 1 N–H and O–H groups in total. The van der Waals surface area contributed by atoms with Gasteiger partial charge >= 0.3 is 0 Å². The summed E-state index contributed by atoms with van der Waals surface area (Å²) in [7, 11) is 0. The Kier molecular flexibility index (Phi) is 1.32. The van der Waals surface area contributed by atoms with Crippen molar-refractivity contribution in [3.05, 3.63) is 0 Å². The first-order valence-electron chi connectivity index (χ1n) is 3.64. The molecule has 1 saturated carbocycles. The Morgan fingerprint density at radius 1 is 1.20 bits per heavy atom. The lowest BCUT2D eigenvalue weighted by Gasteiger charge is -2.02. The number of carbonyl (C=O) groups excluding carboxylic acids is 1. The van der Waals surface area contributed by atoms with Gasteiger partial charge in [-0.05, 0) is 10.8 Å². The molecule has 0 saturated heterocycles. The molecule has 1 rings (SSSR count). The minimum absolute atomic E-state index is 0.272. The van der Waals surface area contributed by atoms with E-state index in [1.807, 2.05) is 0 Å². The molecule has 1 amide bonds. The van der Waals surface area contributed by atoms with E-state index in [0.717, 1.165) is 6.41 Å². The Morgan fingerprint density at radius 2 is 1.60 bits per heavy atom. The lowest BCUT2D eigenvalue weighted by Crippen LogP contribution is -2.19. The molecule has 2 nitrogen and oxygen atoms in total. The molecule has 2 heteroatoms. The van der Waals surface area contributed by atoms with Crippen LogP contribution >= 0.6 is 0 Å². The molecular weight excluding hydrogens is 126 g/mol. The highest BCUT2D eigenvalue weighted by molar-refractivity contribution is 5.49. The van der Waals surface area contributed by atoms with Crippen molar-refractivity contribution >= 4 is 6.41 Å². The zero-order chi connectivity index (χ0) is 7.99. The molecule has 0 aromatic carbocycles. The number of nitrogens with one attached hydrogen (secondary N) is 1. The van der Waals surface area contributed by atoms with Gasteiger partial charge in [0.25, 0.3) is 0 Å². The van der Waals surface area contributed by atoms with Gasteiger partial charge in [0.05, 0.1) is 0 Å². The second kappa shape index (κ2) is 1.74. The number of carbonyl (C=O) groups is 1. The van der Waals surface area contributed by atoms with Crippen molar-refractivity contribution in [3.8, 4) is 0 Å². The SMILES string of the molecule is CC1(C)C(NC=O)C1(C)C. The van der Waals surface area contributed by atoms with Crippen LogP contribution in [0.25, 0.3) is 0 Å². The molecule has 1 fully saturated rings. The Labute approximate surface area is 62.0 Å². The maximum atomic E-state index is 10.1. The highest BCUT2D eigenvalue weighted by atomic mass is 16.1. The predicted octanol–water partition coefficient (Wildman–Crippen LogP) is 1.17. The van der Waals surface area contributed by atoms with Crippen LogP contribution in [0.5, 0.6) is 0 Å². The number of rotatable bonds is 2. The third-order valence-electron chi connectivity index (χ3n) is 3.26. The maximum Gasteiger partial charge on any atom is 0.207 e. The van der Waals surface area contributed by atoms with Crippen LogP contribution in [0, 0.1) is 10.8 Å². The molecule has 0 aromatic rings. The average Bonchev–Trinajstić information content (AvgIpc) is 2.13. The van der Waals surface area contributed by atoms with E-state index < -0.39 is 0 Å². The van der Waals surface area contributed by atoms with E-state index in [9.17, 15) is 4.79 Å². The molecule has 58 valence electrons. The van der Waals surface area contributed by atoms with E-state index >= 15 is 0 Å². The van der Waals surface area contributed by atoms with Crippen LogP contribution in [-0.2, 0) is 4.79 Å². The molecule has 1 aliphatic carbocycles. The smallest absolute Gasteiger partial charge is 0.207 e. The van der Waals surface area contributed by atoms with E-state index in [4.69, 9.17) is 0 Å². The van der Waals surface area contributed by atoms with E-state index in [2.05, 4.69) is 33.0 Å². The summed E-state index contributed by atoms with van der Waals surface area (Å²) in [4.78, 5) is 10.1. The van der Waals surface area contributed by atoms with Crippen molar-refractivity contribution in [2.75, 3.05) is 0 Å². The van der Waals surface area contributed by atoms with Gasteiger partial charge in [-0.25, -0.2) is 0 Å². The molecule has 0 radical (unpaired) electrons. The molecule has 0 heterocycles. The Bertz CT molecular complexity index is 147. The largest absolute Gasteiger partial charge is 0.355 e. The summed E-state index contributed by atoms with van der Waals surface area (Å²) in [5.41, 5.74) is 0.543. The van der Waals surface area contributed by atoms with Crippen LogP contribution in [0.4, 0.5) is 0 Å². The summed E-state index contributed by atoms with van der Waals surface area (Å²) < 4.78 is 0. The van der Waals surface area contributed by atoms with Crippen LogP contribution in [-0.4, -0.2) is 12.5 Å². The van der Waals surface area contributed by atoms with E-state index in [1.54, 1.807) is 0 Å². The lowest BCUT2D eigenvalue weighted by molar-refractivity contribution is -0.109. The fourth-order valence-electron chi connectivity index (χ4n) is 1.68. The van der Waals surface area contributed by atoms with Crippen molar-refractivity contribution < 1.29 is 4.79 Å². The third-order valence-corrected chi connectivity index (χ3v) is 3.26. The first-order valence-corrected chi connectivity index (χ1v) is 3.64. The molecule has 0 unspecified atom stereocenters. The van der Waals surface area contributed by atoms with Gasteiger partial charge in [-0.3, -0.25) is 4.79 Å². The van der Waals surface area contributed by atoms with E-state index in [1.165, 1.54) is 0 Å². The van der Waals surface area contributed by atoms with E-state index in [-0.39, 0.29) is 10.8 Å². The third kappa shape index (κ3) is 0.678. The van der Waals surface area contributed by atoms with E-state index in [0.29, 0.717) is 6.04 Å². The van der Waals surface area contributed by atoms with Gasteiger partial charge in [0.1, 0.15) is 0 Å². The van der Waals surface area contributed by atoms with Crippen molar-refractivity contribution in [3.63, 3.8) is 0 Å². The zero-order valence-corrected chi connectivity index (χ0v) is 7.06. The van der Waals surface area contributed by atoms with Crippen LogP contribution in [0.15, 0.2) is 0 Å². The fourth-order valence-corrected chi connectivity index (χ4v) is 1.68. The Hall–Kier alpha value is -0.530. The van der Waals surface area contributed by atoms with Gasteiger partial charge in [-0.2, -0.15) is 0 Å². The minimum atomic E-state index is 0.272. The molecular formula is C8H15NO. The molecule has 0 bridgehead atoms. The molecule has 1 aliphatic rings. The van der Waals surface area contributed by atoms with Crippen molar-refractivity contribution in [2.24, 2.45) is 10.8 Å². The minimum Gasteiger partial charge on any atom is -0.355 e. The van der Waals surface area contributed by atoms with Gasteiger partial charge in [-0.15, -0.1) is 0 Å².